The van der Waals surface area contributed by atoms with E-state index >= 15 is 0 Å². The molecule has 2 aromatic rings. The fourth-order valence-corrected chi connectivity index (χ4v) is 4.82. The summed E-state index contributed by atoms with van der Waals surface area (Å²) in [4.78, 5) is 27.6. The van der Waals surface area contributed by atoms with Gasteiger partial charge in [-0.1, -0.05) is 66.3 Å². The summed E-state index contributed by atoms with van der Waals surface area (Å²) in [6.07, 6.45) is 2.69. The number of amides is 2. The van der Waals surface area contributed by atoms with Crippen molar-refractivity contribution in [3.63, 3.8) is 0 Å². The van der Waals surface area contributed by atoms with Crippen LogP contribution in [0.15, 0.2) is 42.5 Å². The highest BCUT2D eigenvalue weighted by Gasteiger charge is 2.31. The number of para-hydroxylation sites is 1. The fraction of sp³-hybridized carbons (Fsp3) is 0.391. The minimum atomic E-state index is -3.86. The minimum Gasteiger partial charge on any atom is -0.354 e. The Bertz CT molecular complexity index is 1130. The van der Waals surface area contributed by atoms with Crippen LogP contribution < -0.4 is 9.62 Å². The monoisotopic (exact) mass is 547 g/mol. The smallest absolute Gasteiger partial charge is 0.244 e. The molecule has 0 aliphatic heterocycles. The first-order valence-electron chi connectivity index (χ1n) is 10.7. The summed E-state index contributed by atoms with van der Waals surface area (Å²) in [5.41, 5.74) is 0.737. The molecule has 1 N–H and O–H groups in total. The van der Waals surface area contributed by atoms with Crippen LogP contribution in [0.3, 0.4) is 0 Å². The van der Waals surface area contributed by atoms with E-state index in [1.165, 1.54) is 17.0 Å². The van der Waals surface area contributed by atoms with Crippen LogP contribution >= 0.6 is 34.8 Å². The molecule has 1 atom stereocenters. The topological polar surface area (TPSA) is 86.8 Å². The Hall–Kier alpha value is -2.00. The van der Waals surface area contributed by atoms with E-state index in [0.29, 0.717) is 22.2 Å². The van der Waals surface area contributed by atoms with Crippen molar-refractivity contribution in [1.82, 2.24) is 10.2 Å². The van der Waals surface area contributed by atoms with Crippen molar-refractivity contribution in [2.75, 3.05) is 23.7 Å². The highest BCUT2D eigenvalue weighted by molar-refractivity contribution is 7.92. The molecule has 0 saturated carbocycles. The zero-order valence-corrected chi connectivity index (χ0v) is 22.3. The van der Waals surface area contributed by atoms with Crippen LogP contribution in [0.5, 0.6) is 0 Å². The first-order chi connectivity index (χ1) is 16.0. The lowest BCUT2D eigenvalue weighted by atomic mass is 10.1. The molecule has 2 aromatic carbocycles. The molecule has 0 aliphatic carbocycles. The highest BCUT2D eigenvalue weighted by Crippen LogP contribution is 2.28. The molecule has 0 unspecified atom stereocenters. The van der Waals surface area contributed by atoms with Gasteiger partial charge in [-0.2, -0.15) is 0 Å². The van der Waals surface area contributed by atoms with E-state index in [2.05, 4.69) is 5.32 Å². The van der Waals surface area contributed by atoms with Gasteiger partial charge in [0, 0.05) is 23.1 Å². The number of unbranched alkanes of at least 4 members (excludes halogenated alkanes) is 1. The summed E-state index contributed by atoms with van der Waals surface area (Å²) in [5, 5.41) is 3.75. The molecule has 0 heterocycles. The van der Waals surface area contributed by atoms with Crippen LogP contribution in [-0.4, -0.2) is 50.5 Å². The average molecular weight is 549 g/mol. The zero-order chi connectivity index (χ0) is 25.5. The van der Waals surface area contributed by atoms with Gasteiger partial charge in [-0.25, -0.2) is 8.42 Å². The van der Waals surface area contributed by atoms with Crippen LogP contribution in [0.1, 0.15) is 32.3 Å². The first kappa shape index (κ1) is 28.2. The van der Waals surface area contributed by atoms with Gasteiger partial charge < -0.3 is 10.2 Å². The van der Waals surface area contributed by atoms with Gasteiger partial charge >= 0.3 is 0 Å². The molecule has 0 spiro atoms. The number of halogens is 3. The molecule has 186 valence electrons. The molecule has 2 rings (SSSR count). The molecule has 7 nitrogen and oxygen atoms in total. The van der Waals surface area contributed by atoms with Gasteiger partial charge in [-0.3, -0.25) is 13.9 Å². The predicted octanol–water partition coefficient (Wildman–Crippen LogP) is 4.75. The van der Waals surface area contributed by atoms with Crippen molar-refractivity contribution in [2.24, 2.45) is 0 Å². The van der Waals surface area contributed by atoms with E-state index in [0.717, 1.165) is 23.4 Å². The van der Waals surface area contributed by atoms with Crippen molar-refractivity contribution < 1.29 is 18.0 Å². The van der Waals surface area contributed by atoms with Crippen LogP contribution in [0.4, 0.5) is 5.69 Å². The molecular formula is C23H28Cl3N3O4S. The van der Waals surface area contributed by atoms with Crippen LogP contribution in [0, 0.1) is 0 Å². The Labute approximate surface area is 216 Å². The Morgan fingerprint density at radius 2 is 1.74 bits per heavy atom. The molecule has 0 aromatic heterocycles. The third-order valence-electron chi connectivity index (χ3n) is 5.15. The van der Waals surface area contributed by atoms with Gasteiger partial charge in [-0.05, 0) is 43.2 Å². The number of sulfonamides is 1. The van der Waals surface area contributed by atoms with Crippen molar-refractivity contribution >= 4 is 62.3 Å². The van der Waals surface area contributed by atoms with E-state index < -0.39 is 28.5 Å². The highest BCUT2D eigenvalue weighted by atomic mass is 35.5. The minimum absolute atomic E-state index is 0.0165. The van der Waals surface area contributed by atoms with Crippen molar-refractivity contribution in [3.8, 4) is 0 Å². The van der Waals surface area contributed by atoms with Crippen LogP contribution in [0.2, 0.25) is 15.1 Å². The average Bonchev–Trinajstić information content (AvgIpc) is 2.76. The van der Waals surface area contributed by atoms with Crippen molar-refractivity contribution in [1.29, 1.82) is 0 Å². The molecule has 0 radical (unpaired) electrons. The fourth-order valence-electron chi connectivity index (χ4n) is 3.20. The van der Waals surface area contributed by atoms with Crippen molar-refractivity contribution in [3.05, 3.63) is 63.1 Å². The molecule has 34 heavy (non-hydrogen) atoms. The van der Waals surface area contributed by atoms with E-state index in [-0.39, 0.29) is 23.2 Å². The van der Waals surface area contributed by atoms with E-state index in [4.69, 9.17) is 34.8 Å². The maximum Gasteiger partial charge on any atom is 0.244 e. The lowest BCUT2D eigenvalue weighted by Gasteiger charge is -2.32. The number of nitrogens with one attached hydrogen (secondary N) is 1. The third-order valence-corrected chi connectivity index (χ3v) is 7.19. The number of carbonyl (C=O) groups excluding carboxylic acids is 2. The standard InChI is InChI=1S/C23H28Cl3N3O4S/c1-4-5-12-27-23(31)16(2)28(14-17-10-11-18(24)13-20(17)26)22(30)15-29(34(3,32)33)21-9-7-6-8-19(21)25/h6-11,13,16H,4-5,12,14-15H2,1-3H3,(H,27,31)/t16-/m0/s1. The first-order valence-corrected chi connectivity index (χ1v) is 13.7. The van der Waals surface area contributed by atoms with E-state index in [1.807, 2.05) is 6.92 Å². The summed E-state index contributed by atoms with van der Waals surface area (Å²) >= 11 is 18.5. The summed E-state index contributed by atoms with van der Waals surface area (Å²) in [6.45, 7) is 3.50. The normalized spacial score (nSPS) is 12.2. The number of hydrogen-bond acceptors (Lipinski definition) is 4. The van der Waals surface area contributed by atoms with Crippen LogP contribution in [-0.2, 0) is 26.2 Å². The zero-order valence-electron chi connectivity index (χ0n) is 19.2. The molecule has 0 aliphatic rings. The van der Waals surface area contributed by atoms with Gasteiger partial charge in [0.2, 0.25) is 21.8 Å². The molecule has 0 fully saturated rings. The van der Waals surface area contributed by atoms with Crippen molar-refractivity contribution in [2.45, 2.75) is 39.3 Å². The SMILES string of the molecule is CCCCNC(=O)[C@H](C)N(Cc1ccc(Cl)cc1Cl)C(=O)CN(c1ccccc1Cl)S(C)(=O)=O. The number of benzene rings is 2. The van der Waals surface area contributed by atoms with Gasteiger partial charge in [-0.15, -0.1) is 0 Å². The molecule has 2 amide bonds. The maximum absolute atomic E-state index is 13.5. The second-order valence-electron chi connectivity index (χ2n) is 7.80. The second-order valence-corrected chi connectivity index (χ2v) is 11.0. The van der Waals surface area contributed by atoms with E-state index in [9.17, 15) is 18.0 Å². The quantitative estimate of drug-likeness (QED) is 0.411. The Balaban J connectivity index is 2.40. The number of carbonyl (C=O) groups is 2. The lowest BCUT2D eigenvalue weighted by Crippen LogP contribution is -2.51. The number of hydrogen-bond donors (Lipinski definition) is 1. The van der Waals surface area contributed by atoms with E-state index in [1.54, 1.807) is 37.3 Å². The predicted molar refractivity (Wildman–Crippen MR) is 138 cm³/mol. The molecule has 0 saturated heterocycles. The maximum atomic E-state index is 13.5. The number of nitrogens with zero attached hydrogens (tertiary/aromatic N) is 2. The Morgan fingerprint density at radius 3 is 2.32 bits per heavy atom. The van der Waals surface area contributed by atoms with Crippen LogP contribution in [0.25, 0.3) is 0 Å². The van der Waals surface area contributed by atoms with Gasteiger partial charge in [0.15, 0.2) is 0 Å². The summed E-state index contributed by atoms with van der Waals surface area (Å²) in [5.74, 6) is -0.940. The lowest BCUT2D eigenvalue weighted by molar-refractivity contribution is -0.139. The second kappa shape index (κ2) is 12.6. The Kier molecular flexibility index (Phi) is 10.5. The molecule has 0 bridgehead atoms. The third kappa shape index (κ3) is 7.77. The van der Waals surface area contributed by atoms with Gasteiger partial charge in [0.25, 0.3) is 0 Å². The summed E-state index contributed by atoms with van der Waals surface area (Å²) in [6, 6.07) is 10.3. The summed E-state index contributed by atoms with van der Waals surface area (Å²) in [7, 11) is -3.86. The number of rotatable bonds is 11. The molecular weight excluding hydrogens is 521 g/mol. The Morgan fingerprint density at radius 1 is 1.06 bits per heavy atom. The summed E-state index contributed by atoms with van der Waals surface area (Å²) < 4.78 is 26.0. The van der Waals surface area contributed by atoms with Gasteiger partial charge in [0.05, 0.1) is 17.0 Å². The van der Waals surface area contributed by atoms with Gasteiger partial charge in [0.1, 0.15) is 12.6 Å². The number of anilines is 1. The molecule has 11 heteroatoms. The largest absolute Gasteiger partial charge is 0.354 e.